The van der Waals surface area contributed by atoms with Gasteiger partial charge in [-0.1, -0.05) is 154 Å². The van der Waals surface area contributed by atoms with Crippen molar-refractivity contribution in [2.75, 3.05) is 47.5 Å². The largest absolute Gasteiger partial charge is 0.477 e. The molecule has 0 rings (SSSR count). The lowest BCUT2D eigenvalue weighted by Crippen LogP contribution is -2.40. The topological polar surface area (TPSA) is 108 Å². The summed E-state index contributed by atoms with van der Waals surface area (Å²) in [6.07, 6.45) is 39.6. The van der Waals surface area contributed by atoms with Crippen LogP contribution in [0.3, 0.4) is 0 Å². The number of allylic oxidation sites excluding steroid dienone is 4. The SMILES string of the molecule is CCC/C=C\CCCCCCCC(=O)OCC(COC(OCC[N+](C)(C)C)C(=O)O)OC(=O)CCCCCCCCCCC/C=C\CCCCCCCCCC. The molecule has 0 amide bonds. The first-order chi connectivity index (χ1) is 27.1. The number of likely N-dealkylation sites (N-methyl/N-ethyl adjacent to an activating group) is 1. The molecular formula is C47H88NO8+. The Morgan fingerprint density at radius 3 is 1.39 bits per heavy atom. The number of quaternary nitrogens is 1. The first-order valence-corrected chi connectivity index (χ1v) is 23.0. The smallest absolute Gasteiger partial charge is 0.361 e. The molecule has 0 heterocycles. The highest BCUT2D eigenvalue weighted by molar-refractivity contribution is 5.71. The molecule has 56 heavy (non-hydrogen) atoms. The third-order valence-electron chi connectivity index (χ3n) is 9.91. The Hall–Kier alpha value is -2.23. The minimum Gasteiger partial charge on any atom is -0.477 e. The molecule has 2 atom stereocenters. The summed E-state index contributed by atoms with van der Waals surface area (Å²) in [5.41, 5.74) is 0. The Balaban J connectivity index is 4.33. The van der Waals surface area contributed by atoms with Crippen LogP contribution in [-0.4, -0.2) is 87.4 Å². The average Bonchev–Trinajstić information content (AvgIpc) is 3.15. The molecule has 2 unspecified atom stereocenters. The Kier molecular flexibility index (Phi) is 38.0. The van der Waals surface area contributed by atoms with Gasteiger partial charge in [0.1, 0.15) is 13.2 Å². The summed E-state index contributed by atoms with van der Waals surface area (Å²) in [6, 6.07) is 0. The Bertz CT molecular complexity index is 976. The van der Waals surface area contributed by atoms with Crippen LogP contribution in [-0.2, 0) is 33.3 Å². The minimum absolute atomic E-state index is 0.185. The molecule has 0 aliphatic heterocycles. The number of carboxylic acid groups (broad SMARTS) is 1. The van der Waals surface area contributed by atoms with Gasteiger partial charge in [0.15, 0.2) is 6.10 Å². The summed E-state index contributed by atoms with van der Waals surface area (Å²) < 4.78 is 22.7. The van der Waals surface area contributed by atoms with Gasteiger partial charge in [0.25, 0.3) is 6.29 Å². The molecule has 9 heteroatoms. The fourth-order valence-corrected chi connectivity index (χ4v) is 6.30. The van der Waals surface area contributed by atoms with E-state index in [4.69, 9.17) is 18.9 Å². The number of aliphatic carboxylic acids is 1. The van der Waals surface area contributed by atoms with E-state index in [-0.39, 0.29) is 32.2 Å². The maximum absolute atomic E-state index is 12.8. The van der Waals surface area contributed by atoms with Crippen LogP contribution in [0, 0.1) is 0 Å². The molecule has 0 aliphatic carbocycles. The van der Waals surface area contributed by atoms with Crippen molar-refractivity contribution in [2.45, 2.75) is 212 Å². The zero-order valence-electron chi connectivity index (χ0n) is 37.1. The molecule has 0 fully saturated rings. The quantitative estimate of drug-likeness (QED) is 0.0214. The van der Waals surface area contributed by atoms with E-state index < -0.39 is 24.3 Å². The number of hydrogen-bond donors (Lipinski definition) is 1. The van der Waals surface area contributed by atoms with E-state index in [1.54, 1.807) is 0 Å². The Labute approximate surface area is 344 Å². The lowest BCUT2D eigenvalue weighted by molar-refractivity contribution is -0.870. The predicted octanol–water partition coefficient (Wildman–Crippen LogP) is 12.1. The van der Waals surface area contributed by atoms with Crippen molar-refractivity contribution in [1.82, 2.24) is 0 Å². The molecule has 0 saturated heterocycles. The highest BCUT2D eigenvalue weighted by Crippen LogP contribution is 2.14. The van der Waals surface area contributed by atoms with E-state index in [9.17, 15) is 19.5 Å². The minimum atomic E-state index is -1.51. The molecule has 1 N–H and O–H groups in total. The van der Waals surface area contributed by atoms with Gasteiger partial charge in [0.05, 0.1) is 34.4 Å². The molecule has 0 aliphatic rings. The van der Waals surface area contributed by atoms with Gasteiger partial charge in [-0.05, 0) is 57.8 Å². The van der Waals surface area contributed by atoms with Crippen molar-refractivity contribution in [3.63, 3.8) is 0 Å². The molecule has 0 radical (unpaired) electrons. The zero-order chi connectivity index (χ0) is 41.4. The lowest BCUT2D eigenvalue weighted by atomic mass is 10.1. The monoisotopic (exact) mass is 795 g/mol. The van der Waals surface area contributed by atoms with Crippen LogP contribution >= 0.6 is 0 Å². The van der Waals surface area contributed by atoms with Gasteiger partial charge >= 0.3 is 17.9 Å². The van der Waals surface area contributed by atoms with Crippen LogP contribution in [0.1, 0.15) is 200 Å². The highest BCUT2D eigenvalue weighted by atomic mass is 16.7. The van der Waals surface area contributed by atoms with Crippen molar-refractivity contribution >= 4 is 17.9 Å². The van der Waals surface area contributed by atoms with Gasteiger partial charge in [-0.25, -0.2) is 4.79 Å². The van der Waals surface area contributed by atoms with Crippen LogP contribution in [0.4, 0.5) is 0 Å². The van der Waals surface area contributed by atoms with E-state index in [1.165, 1.54) is 109 Å². The molecule has 0 aromatic carbocycles. The summed E-state index contributed by atoms with van der Waals surface area (Å²) >= 11 is 0. The lowest BCUT2D eigenvalue weighted by Gasteiger charge is -2.25. The van der Waals surface area contributed by atoms with Crippen LogP contribution in [0.5, 0.6) is 0 Å². The normalized spacial score (nSPS) is 13.1. The molecule has 0 aromatic rings. The summed E-state index contributed by atoms with van der Waals surface area (Å²) in [7, 11) is 5.95. The van der Waals surface area contributed by atoms with Crippen LogP contribution in [0.15, 0.2) is 24.3 Å². The highest BCUT2D eigenvalue weighted by Gasteiger charge is 2.25. The van der Waals surface area contributed by atoms with Crippen molar-refractivity contribution in [1.29, 1.82) is 0 Å². The molecule has 0 spiro atoms. The third kappa shape index (κ3) is 40.0. The standard InChI is InChI=1S/C47H87NO8/c1-6-8-10-12-14-16-18-19-20-21-22-23-24-25-26-27-28-30-32-34-36-38-45(50)56-43(42-55-47(46(51)52)53-40-39-48(3,4)5)41-54-44(49)37-35-33-31-29-17-15-13-11-9-7-2/h11,13,21-22,43,47H,6-10,12,14-20,23-42H2,1-5H3/p+1/b13-11-,22-21-. The Morgan fingerprint density at radius 2 is 0.946 bits per heavy atom. The summed E-state index contributed by atoms with van der Waals surface area (Å²) in [5, 5.41) is 9.62. The molecule has 0 bridgehead atoms. The van der Waals surface area contributed by atoms with Gasteiger partial charge < -0.3 is 28.5 Å². The third-order valence-corrected chi connectivity index (χ3v) is 9.91. The van der Waals surface area contributed by atoms with Crippen molar-refractivity contribution in [2.24, 2.45) is 0 Å². The first kappa shape index (κ1) is 53.8. The molecule has 0 saturated carbocycles. The molecule has 9 nitrogen and oxygen atoms in total. The number of carbonyl (C=O) groups excluding carboxylic acids is 2. The average molecular weight is 795 g/mol. The summed E-state index contributed by atoms with van der Waals surface area (Å²) in [4.78, 5) is 37.0. The number of carboxylic acids is 1. The van der Waals surface area contributed by atoms with Crippen molar-refractivity contribution in [3.8, 4) is 0 Å². The maximum Gasteiger partial charge on any atom is 0.361 e. The first-order valence-electron chi connectivity index (χ1n) is 23.0. The second-order valence-corrected chi connectivity index (χ2v) is 16.7. The van der Waals surface area contributed by atoms with E-state index in [2.05, 4.69) is 38.2 Å². The van der Waals surface area contributed by atoms with Crippen LogP contribution in [0.25, 0.3) is 0 Å². The number of esters is 2. The number of carbonyl (C=O) groups is 3. The van der Waals surface area contributed by atoms with Crippen molar-refractivity contribution in [3.05, 3.63) is 24.3 Å². The summed E-state index contributed by atoms with van der Waals surface area (Å²) in [5.74, 6) is -2.02. The van der Waals surface area contributed by atoms with Gasteiger partial charge in [-0.3, -0.25) is 9.59 Å². The zero-order valence-corrected chi connectivity index (χ0v) is 37.1. The number of nitrogens with zero attached hydrogens (tertiary/aromatic N) is 1. The number of unbranched alkanes of at least 4 members (excludes halogenated alkanes) is 23. The van der Waals surface area contributed by atoms with Crippen LogP contribution in [0.2, 0.25) is 0 Å². The van der Waals surface area contributed by atoms with E-state index in [0.29, 0.717) is 17.4 Å². The maximum atomic E-state index is 12.8. The second-order valence-electron chi connectivity index (χ2n) is 16.7. The Morgan fingerprint density at radius 1 is 0.518 bits per heavy atom. The van der Waals surface area contributed by atoms with Crippen molar-refractivity contribution < 1.29 is 42.9 Å². The van der Waals surface area contributed by atoms with E-state index in [1.807, 2.05) is 21.1 Å². The number of ether oxygens (including phenoxy) is 4. The molecular weight excluding hydrogens is 707 g/mol. The van der Waals surface area contributed by atoms with Gasteiger partial charge in [-0.15, -0.1) is 0 Å². The predicted molar refractivity (Wildman–Crippen MR) is 231 cm³/mol. The molecule has 0 aromatic heterocycles. The van der Waals surface area contributed by atoms with Crippen LogP contribution < -0.4 is 0 Å². The van der Waals surface area contributed by atoms with Gasteiger partial charge in [0.2, 0.25) is 0 Å². The van der Waals surface area contributed by atoms with Gasteiger partial charge in [0, 0.05) is 12.8 Å². The molecule has 328 valence electrons. The second kappa shape index (κ2) is 39.6. The van der Waals surface area contributed by atoms with Gasteiger partial charge in [-0.2, -0.15) is 0 Å². The fourth-order valence-electron chi connectivity index (χ4n) is 6.30. The summed E-state index contributed by atoms with van der Waals surface area (Å²) in [6.45, 7) is 4.80. The fraction of sp³-hybridized carbons (Fsp3) is 0.851. The van der Waals surface area contributed by atoms with E-state index in [0.717, 1.165) is 64.2 Å². The van der Waals surface area contributed by atoms with E-state index >= 15 is 0 Å². The number of rotatable bonds is 42. The number of hydrogen-bond acceptors (Lipinski definition) is 7.